The van der Waals surface area contributed by atoms with Gasteiger partial charge in [0.25, 0.3) is 5.91 Å². The van der Waals surface area contributed by atoms with Crippen LogP contribution in [-0.2, 0) is 0 Å². The van der Waals surface area contributed by atoms with Crippen molar-refractivity contribution in [3.05, 3.63) is 34.1 Å². The zero-order chi connectivity index (χ0) is 12.8. The Balaban J connectivity index is 2.50. The van der Waals surface area contributed by atoms with Crippen LogP contribution in [-0.4, -0.2) is 17.4 Å². The molecule has 0 fully saturated rings. The van der Waals surface area contributed by atoms with Gasteiger partial charge in [-0.05, 0) is 31.0 Å². The molecule has 3 nitrogen and oxygen atoms in total. The van der Waals surface area contributed by atoms with Crippen LogP contribution < -0.4 is 11.1 Å². The van der Waals surface area contributed by atoms with Crippen LogP contribution in [0, 0.1) is 5.82 Å². The molecule has 17 heavy (non-hydrogen) atoms. The molecule has 0 aliphatic carbocycles. The van der Waals surface area contributed by atoms with Gasteiger partial charge in [-0.25, -0.2) is 4.39 Å². The van der Waals surface area contributed by atoms with Crippen LogP contribution in [0.25, 0.3) is 0 Å². The number of hydrogen-bond acceptors (Lipinski definition) is 2. The van der Waals surface area contributed by atoms with Gasteiger partial charge in [-0.2, -0.15) is 0 Å². The van der Waals surface area contributed by atoms with Gasteiger partial charge >= 0.3 is 0 Å². The van der Waals surface area contributed by atoms with Gasteiger partial charge in [0.15, 0.2) is 0 Å². The molecule has 0 bridgehead atoms. The first-order chi connectivity index (χ1) is 8.00. The normalized spacial score (nSPS) is 10.0. The lowest BCUT2D eigenvalue weighted by Gasteiger charge is -2.06. The molecule has 0 saturated carbocycles. The molecule has 1 rings (SSSR count). The van der Waals surface area contributed by atoms with Crippen molar-refractivity contribution in [2.75, 3.05) is 6.54 Å². The SMILES string of the molecule is NC(=S)CCCNC(=O)c1ccc(Br)cc1F. The van der Waals surface area contributed by atoms with Crippen molar-refractivity contribution in [3.63, 3.8) is 0 Å². The number of carbonyl (C=O) groups excluding carboxylic acids is 1. The Bertz CT molecular complexity index is 439. The van der Waals surface area contributed by atoms with Crippen LogP contribution in [0.1, 0.15) is 23.2 Å². The number of rotatable bonds is 5. The summed E-state index contributed by atoms with van der Waals surface area (Å²) in [5, 5.41) is 2.61. The smallest absolute Gasteiger partial charge is 0.254 e. The van der Waals surface area contributed by atoms with E-state index in [9.17, 15) is 9.18 Å². The van der Waals surface area contributed by atoms with E-state index in [1.165, 1.54) is 12.1 Å². The molecule has 92 valence electrons. The first kappa shape index (κ1) is 14.1. The van der Waals surface area contributed by atoms with Gasteiger partial charge in [0.05, 0.1) is 10.6 Å². The quantitative estimate of drug-likeness (QED) is 0.647. The highest BCUT2D eigenvalue weighted by Crippen LogP contribution is 2.15. The molecule has 0 saturated heterocycles. The van der Waals surface area contributed by atoms with Crippen molar-refractivity contribution in [1.29, 1.82) is 0 Å². The highest BCUT2D eigenvalue weighted by Gasteiger charge is 2.10. The van der Waals surface area contributed by atoms with Gasteiger partial charge in [0.2, 0.25) is 0 Å². The summed E-state index contributed by atoms with van der Waals surface area (Å²) in [6.07, 6.45) is 1.22. The van der Waals surface area contributed by atoms with Crippen LogP contribution in [0.15, 0.2) is 22.7 Å². The van der Waals surface area contributed by atoms with E-state index in [1.54, 1.807) is 6.07 Å². The summed E-state index contributed by atoms with van der Waals surface area (Å²) in [4.78, 5) is 12.0. The molecule has 0 aliphatic rings. The zero-order valence-electron chi connectivity index (χ0n) is 9.00. The van der Waals surface area contributed by atoms with Crippen molar-refractivity contribution in [3.8, 4) is 0 Å². The van der Waals surface area contributed by atoms with Crippen molar-refractivity contribution in [2.24, 2.45) is 5.73 Å². The van der Waals surface area contributed by atoms with E-state index in [0.29, 0.717) is 28.8 Å². The molecule has 0 aromatic heterocycles. The van der Waals surface area contributed by atoms with E-state index in [-0.39, 0.29) is 5.56 Å². The second kappa shape index (κ2) is 6.66. The van der Waals surface area contributed by atoms with Crippen molar-refractivity contribution in [1.82, 2.24) is 5.32 Å². The summed E-state index contributed by atoms with van der Waals surface area (Å²) < 4.78 is 14.0. The minimum Gasteiger partial charge on any atom is -0.393 e. The Morgan fingerprint density at radius 1 is 1.53 bits per heavy atom. The zero-order valence-corrected chi connectivity index (χ0v) is 11.4. The van der Waals surface area contributed by atoms with Gasteiger partial charge in [-0.1, -0.05) is 28.1 Å². The summed E-state index contributed by atoms with van der Waals surface area (Å²) in [5.74, 6) is -0.982. The third-order valence-electron chi connectivity index (χ3n) is 2.06. The predicted octanol–water partition coefficient (Wildman–Crippen LogP) is 2.38. The summed E-state index contributed by atoms with van der Waals surface area (Å²) in [6.45, 7) is 0.422. The van der Waals surface area contributed by atoms with Gasteiger partial charge in [-0.15, -0.1) is 0 Å². The Morgan fingerprint density at radius 2 is 2.24 bits per heavy atom. The Morgan fingerprint density at radius 3 is 2.82 bits per heavy atom. The van der Waals surface area contributed by atoms with E-state index in [2.05, 4.69) is 21.2 Å². The van der Waals surface area contributed by atoms with Crippen molar-refractivity contribution >= 4 is 39.0 Å². The molecular formula is C11H12BrFN2OS. The van der Waals surface area contributed by atoms with Gasteiger partial charge < -0.3 is 11.1 Å². The largest absolute Gasteiger partial charge is 0.393 e. The van der Waals surface area contributed by atoms with Crippen molar-refractivity contribution in [2.45, 2.75) is 12.8 Å². The third kappa shape index (κ3) is 4.79. The highest BCUT2D eigenvalue weighted by atomic mass is 79.9. The second-order valence-corrected chi connectivity index (χ2v) is 4.89. The van der Waals surface area contributed by atoms with Crippen LogP contribution in [0.4, 0.5) is 4.39 Å². The predicted molar refractivity (Wildman–Crippen MR) is 72.5 cm³/mol. The number of amides is 1. The minimum absolute atomic E-state index is 0.0310. The molecule has 1 amide bonds. The first-order valence-corrected chi connectivity index (χ1v) is 6.22. The number of thiocarbonyl (C=S) groups is 1. The first-order valence-electron chi connectivity index (χ1n) is 5.02. The van der Waals surface area contributed by atoms with Gasteiger partial charge in [0.1, 0.15) is 5.82 Å². The molecule has 1 aromatic rings. The summed E-state index contributed by atoms with van der Waals surface area (Å²) >= 11 is 7.83. The molecule has 0 spiro atoms. The lowest BCUT2D eigenvalue weighted by molar-refractivity contribution is 0.0949. The molecule has 0 unspecified atom stereocenters. The number of nitrogens with one attached hydrogen (secondary N) is 1. The number of halogens is 2. The number of nitrogens with two attached hydrogens (primary N) is 1. The van der Waals surface area contributed by atoms with Gasteiger partial charge in [0, 0.05) is 11.0 Å². The standard InChI is InChI=1S/C11H12BrFN2OS/c12-7-3-4-8(9(13)6-7)11(16)15-5-1-2-10(14)17/h3-4,6H,1-2,5H2,(H2,14,17)(H,15,16). The fourth-order valence-corrected chi connectivity index (χ4v) is 1.71. The topological polar surface area (TPSA) is 55.1 Å². The van der Waals surface area contributed by atoms with Crippen LogP contribution in [0.5, 0.6) is 0 Å². The molecule has 0 radical (unpaired) electrons. The molecule has 3 N–H and O–H groups in total. The van der Waals surface area contributed by atoms with Crippen molar-refractivity contribution < 1.29 is 9.18 Å². The fourth-order valence-electron chi connectivity index (χ4n) is 1.23. The average Bonchev–Trinajstić information content (AvgIpc) is 2.23. The van der Waals surface area contributed by atoms with E-state index in [1.807, 2.05) is 0 Å². The maximum atomic E-state index is 13.4. The summed E-state index contributed by atoms with van der Waals surface area (Å²) in [7, 11) is 0. The number of benzene rings is 1. The Hall–Kier alpha value is -1.01. The summed E-state index contributed by atoms with van der Waals surface area (Å²) in [6, 6.07) is 4.30. The van der Waals surface area contributed by atoms with Crippen LogP contribution in [0.2, 0.25) is 0 Å². The molecular weight excluding hydrogens is 307 g/mol. The molecule has 6 heteroatoms. The van der Waals surface area contributed by atoms with Crippen LogP contribution in [0.3, 0.4) is 0 Å². The molecule has 0 atom stereocenters. The molecule has 1 aromatic carbocycles. The minimum atomic E-state index is -0.550. The van der Waals surface area contributed by atoms with E-state index < -0.39 is 11.7 Å². The number of carbonyl (C=O) groups is 1. The van der Waals surface area contributed by atoms with E-state index >= 15 is 0 Å². The maximum Gasteiger partial charge on any atom is 0.254 e. The summed E-state index contributed by atoms with van der Waals surface area (Å²) in [5.41, 5.74) is 5.35. The molecule has 0 heterocycles. The average molecular weight is 319 g/mol. The van der Waals surface area contributed by atoms with Gasteiger partial charge in [-0.3, -0.25) is 4.79 Å². The lowest BCUT2D eigenvalue weighted by Crippen LogP contribution is -2.26. The van der Waals surface area contributed by atoms with E-state index in [0.717, 1.165) is 0 Å². The van der Waals surface area contributed by atoms with Crippen LogP contribution >= 0.6 is 28.1 Å². The fraction of sp³-hybridized carbons (Fsp3) is 0.273. The molecule has 0 aliphatic heterocycles. The maximum absolute atomic E-state index is 13.4. The Labute approximate surface area is 113 Å². The highest BCUT2D eigenvalue weighted by molar-refractivity contribution is 9.10. The monoisotopic (exact) mass is 318 g/mol. The lowest BCUT2D eigenvalue weighted by atomic mass is 10.2. The second-order valence-electron chi connectivity index (χ2n) is 3.45. The third-order valence-corrected chi connectivity index (χ3v) is 2.76. The number of hydrogen-bond donors (Lipinski definition) is 2. The Kier molecular flexibility index (Phi) is 5.50. The van der Waals surface area contributed by atoms with E-state index in [4.69, 9.17) is 18.0 Å².